The van der Waals surface area contributed by atoms with Crippen LogP contribution in [0.2, 0.25) is 5.02 Å². The molecule has 0 bridgehead atoms. The zero-order valence-electron chi connectivity index (χ0n) is 10.3. The predicted octanol–water partition coefficient (Wildman–Crippen LogP) is 3.42. The standard InChI is InChI=1S/C14H13ClN2O2/c1-18-10-3-5-11(6-4-10)19-13-7-2-9(15)8-12(13)14(16)17/h2-8H,1H3,(H3,16,17). The first-order chi connectivity index (χ1) is 9.10. The van der Waals surface area contributed by atoms with Gasteiger partial charge in [0.05, 0.1) is 12.7 Å². The average Bonchev–Trinajstić information content (AvgIpc) is 2.41. The number of ether oxygens (including phenoxy) is 2. The lowest BCUT2D eigenvalue weighted by Gasteiger charge is -2.11. The second-order valence-electron chi connectivity index (χ2n) is 3.83. The van der Waals surface area contributed by atoms with Crippen molar-refractivity contribution >= 4 is 17.4 Å². The second kappa shape index (κ2) is 5.63. The van der Waals surface area contributed by atoms with Gasteiger partial charge in [-0.2, -0.15) is 0 Å². The Hall–Kier alpha value is -2.20. The van der Waals surface area contributed by atoms with Crippen molar-refractivity contribution in [3.63, 3.8) is 0 Å². The van der Waals surface area contributed by atoms with Gasteiger partial charge in [0, 0.05) is 5.02 Å². The molecule has 2 aromatic carbocycles. The second-order valence-corrected chi connectivity index (χ2v) is 4.27. The van der Waals surface area contributed by atoms with E-state index in [1.807, 2.05) is 0 Å². The van der Waals surface area contributed by atoms with Gasteiger partial charge in [-0.3, -0.25) is 5.41 Å². The molecule has 98 valence electrons. The van der Waals surface area contributed by atoms with Crippen LogP contribution in [-0.2, 0) is 0 Å². The summed E-state index contributed by atoms with van der Waals surface area (Å²) in [5.41, 5.74) is 5.97. The third kappa shape index (κ3) is 3.17. The minimum atomic E-state index is -0.0917. The molecule has 0 amide bonds. The number of amidine groups is 1. The van der Waals surface area contributed by atoms with E-state index in [0.717, 1.165) is 5.75 Å². The number of nitrogen functional groups attached to an aromatic ring is 1. The number of nitrogens with one attached hydrogen (secondary N) is 1. The van der Waals surface area contributed by atoms with Crippen LogP contribution in [0.25, 0.3) is 0 Å². The van der Waals surface area contributed by atoms with Gasteiger partial charge >= 0.3 is 0 Å². The Morgan fingerprint density at radius 3 is 2.32 bits per heavy atom. The summed E-state index contributed by atoms with van der Waals surface area (Å²) in [6, 6.07) is 12.1. The third-order valence-corrected chi connectivity index (χ3v) is 2.75. The first-order valence-corrected chi connectivity index (χ1v) is 5.94. The van der Waals surface area contributed by atoms with Crippen LogP contribution in [0.3, 0.4) is 0 Å². The van der Waals surface area contributed by atoms with E-state index in [2.05, 4.69) is 0 Å². The van der Waals surface area contributed by atoms with E-state index >= 15 is 0 Å². The molecule has 0 aliphatic carbocycles. The minimum absolute atomic E-state index is 0.0917. The van der Waals surface area contributed by atoms with Gasteiger partial charge in [-0.15, -0.1) is 0 Å². The average molecular weight is 277 g/mol. The maximum atomic E-state index is 7.52. The van der Waals surface area contributed by atoms with Crippen LogP contribution >= 0.6 is 11.6 Å². The maximum absolute atomic E-state index is 7.52. The van der Waals surface area contributed by atoms with E-state index in [-0.39, 0.29) is 5.84 Å². The molecular weight excluding hydrogens is 264 g/mol. The molecule has 2 rings (SSSR count). The van der Waals surface area contributed by atoms with E-state index in [1.165, 1.54) is 0 Å². The van der Waals surface area contributed by atoms with Crippen molar-refractivity contribution in [2.24, 2.45) is 5.73 Å². The van der Waals surface area contributed by atoms with E-state index in [9.17, 15) is 0 Å². The van der Waals surface area contributed by atoms with Gasteiger partial charge in [-0.05, 0) is 42.5 Å². The van der Waals surface area contributed by atoms with E-state index in [1.54, 1.807) is 49.6 Å². The summed E-state index contributed by atoms with van der Waals surface area (Å²) in [6.07, 6.45) is 0. The van der Waals surface area contributed by atoms with E-state index in [0.29, 0.717) is 22.1 Å². The molecule has 0 spiro atoms. The third-order valence-electron chi connectivity index (χ3n) is 2.52. The van der Waals surface area contributed by atoms with Crippen molar-refractivity contribution in [1.82, 2.24) is 0 Å². The van der Waals surface area contributed by atoms with Crippen molar-refractivity contribution < 1.29 is 9.47 Å². The van der Waals surface area contributed by atoms with Gasteiger partial charge in [-0.1, -0.05) is 11.6 Å². The van der Waals surface area contributed by atoms with Crippen molar-refractivity contribution in [3.8, 4) is 17.2 Å². The number of rotatable bonds is 4. The van der Waals surface area contributed by atoms with Crippen LogP contribution in [0.4, 0.5) is 0 Å². The molecule has 0 radical (unpaired) electrons. The molecule has 0 atom stereocenters. The molecule has 0 aliphatic heterocycles. The highest BCUT2D eigenvalue weighted by atomic mass is 35.5. The van der Waals surface area contributed by atoms with Gasteiger partial charge in [0.25, 0.3) is 0 Å². The molecule has 4 nitrogen and oxygen atoms in total. The van der Waals surface area contributed by atoms with Crippen LogP contribution in [-0.4, -0.2) is 12.9 Å². The highest BCUT2D eigenvalue weighted by Crippen LogP contribution is 2.28. The molecule has 19 heavy (non-hydrogen) atoms. The Morgan fingerprint density at radius 2 is 1.74 bits per heavy atom. The van der Waals surface area contributed by atoms with Crippen molar-refractivity contribution in [2.45, 2.75) is 0 Å². The molecule has 2 aromatic rings. The first kappa shape index (κ1) is 13.2. The van der Waals surface area contributed by atoms with Crippen molar-refractivity contribution in [1.29, 1.82) is 5.41 Å². The summed E-state index contributed by atoms with van der Waals surface area (Å²) in [7, 11) is 1.60. The fourth-order valence-electron chi connectivity index (χ4n) is 1.57. The van der Waals surface area contributed by atoms with Crippen molar-refractivity contribution in [3.05, 3.63) is 53.1 Å². The van der Waals surface area contributed by atoms with E-state index < -0.39 is 0 Å². The van der Waals surface area contributed by atoms with Crippen LogP contribution < -0.4 is 15.2 Å². The zero-order chi connectivity index (χ0) is 13.8. The molecule has 0 saturated carbocycles. The summed E-state index contributed by atoms with van der Waals surface area (Å²) >= 11 is 5.88. The van der Waals surface area contributed by atoms with Gasteiger partial charge in [0.2, 0.25) is 0 Å². The zero-order valence-corrected chi connectivity index (χ0v) is 11.1. The highest BCUT2D eigenvalue weighted by molar-refractivity contribution is 6.31. The Balaban J connectivity index is 2.29. The highest BCUT2D eigenvalue weighted by Gasteiger charge is 2.08. The molecule has 0 aliphatic rings. The Morgan fingerprint density at radius 1 is 1.11 bits per heavy atom. The molecule has 0 heterocycles. The quantitative estimate of drug-likeness (QED) is 0.664. The minimum Gasteiger partial charge on any atom is -0.497 e. The number of benzene rings is 2. The Bertz CT molecular complexity index is 597. The monoisotopic (exact) mass is 276 g/mol. The fourth-order valence-corrected chi connectivity index (χ4v) is 1.74. The number of halogens is 1. The number of hydrogen-bond donors (Lipinski definition) is 2. The lowest BCUT2D eigenvalue weighted by molar-refractivity contribution is 0.413. The largest absolute Gasteiger partial charge is 0.497 e. The molecule has 0 aromatic heterocycles. The van der Waals surface area contributed by atoms with Crippen molar-refractivity contribution in [2.75, 3.05) is 7.11 Å². The Labute approximate surface area is 116 Å². The van der Waals surface area contributed by atoms with Gasteiger partial charge in [0.15, 0.2) is 0 Å². The van der Waals surface area contributed by atoms with E-state index in [4.69, 9.17) is 32.2 Å². The number of nitrogens with two attached hydrogens (primary N) is 1. The Kier molecular flexibility index (Phi) is 3.92. The van der Waals surface area contributed by atoms with Gasteiger partial charge in [0.1, 0.15) is 23.1 Å². The normalized spacial score (nSPS) is 10.0. The smallest absolute Gasteiger partial charge is 0.138 e. The lowest BCUT2D eigenvalue weighted by Crippen LogP contribution is -2.12. The van der Waals surface area contributed by atoms with Crippen LogP contribution in [0, 0.1) is 5.41 Å². The number of methoxy groups -OCH3 is 1. The molecule has 0 fully saturated rings. The number of hydrogen-bond acceptors (Lipinski definition) is 3. The maximum Gasteiger partial charge on any atom is 0.138 e. The topological polar surface area (TPSA) is 68.3 Å². The summed E-state index contributed by atoms with van der Waals surface area (Å²) in [5.74, 6) is 1.77. The van der Waals surface area contributed by atoms with Crippen LogP contribution in [0.1, 0.15) is 5.56 Å². The van der Waals surface area contributed by atoms with Crippen LogP contribution in [0.15, 0.2) is 42.5 Å². The molecule has 0 saturated heterocycles. The summed E-state index contributed by atoms with van der Waals surface area (Å²) in [6.45, 7) is 0. The molecule has 0 unspecified atom stereocenters. The molecule has 5 heteroatoms. The summed E-state index contributed by atoms with van der Waals surface area (Å²) in [4.78, 5) is 0. The SMILES string of the molecule is COc1ccc(Oc2ccc(Cl)cc2C(=N)N)cc1. The predicted molar refractivity (Wildman–Crippen MR) is 75.5 cm³/mol. The molecule has 3 N–H and O–H groups in total. The molecular formula is C14H13ClN2O2. The van der Waals surface area contributed by atoms with Gasteiger partial charge < -0.3 is 15.2 Å². The summed E-state index contributed by atoms with van der Waals surface area (Å²) < 4.78 is 10.8. The first-order valence-electron chi connectivity index (χ1n) is 5.56. The lowest BCUT2D eigenvalue weighted by atomic mass is 10.2. The van der Waals surface area contributed by atoms with Gasteiger partial charge in [-0.25, -0.2) is 0 Å². The summed E-state index contributed by atoms with van der Waals surface area (Å²) in [5, 5.41) is 8.03. The fraction of sp³-hybridized carbons (Fsp3) is 0.0714. The van der Waals surface area contributed by atoms with Crippen LogP contribution in [0.5, 0.6) is 17.2 Å².